The fourth-order valence-electron chi connectivity index (χ4n) is 4.52. The van der Waals surface area contributed by atoms with Gasteiger partial charge in [-0.15, -0.1) is 11.3 Å². The molecule has 1 N–H and O–H groups in total. The molecule has 4 aromatic rings. The van der Waals surface area contributed by atoms with Gasteiger partial charge >= 0.3 is 0 Å². The van der Waals surface area contributed by atoms with Crippen LogP contribution in [0.1, 0.15) is 4.88 Å². The number of piperazine rings is 1. The monoisotopic (exact) mass is 405 g/mol. The van der Waals surface area contributed by atoms with Crippen molar-refractivity contribution in [3.05, 3.63) is 70.9 Å². The van der Waals surface area contributed by atoms with Crippen molar-refractivity contribution in [3.63, 3.8) is 0 Å². The smallest absolute Gasteiger partial charge is 0.0845 e. The number of aliphatic hydroxyl groups excluding tert-OH is 1. The van der Waals surface area contributed by atoms with Gasteiger partial charge in [0.2, 0.25) is 0 Å². The number of rotatable bonds is 6. The number of aliphatic hydroxyl groups is 1. The first kappa shape index (κ1) is 18.8. The Bertz CT molecular complexity index is 1030. The SMILES string of the molecule is OC(CN1CCN(Cc2cccs2)CC1)Cn1c2ccccc2c2ccccc21. The molecule has 1 atom stereocenters. The highest BCUT2D eigenvalue weighted by Gasteiger charge is 2.20. The van der Waals surface area contributed by atoms with Gasteiger partial charge in [-0.05, 0) is 23.6 Å². The van der Waals surface area contributed by atoms with Gasteiger partial charge < -0.3 is 9.67 Å². The van der Waals surface area contributed by atoms with Crippen molar-refractivity contribution < 1.29 is 5.11 Å². The molecule has 0 bridgehead atoms. The normalized spacial score (nSPS) is 17.3. The quantitative estimate of drug-likeness (QED) is 0.525. The summed E-state index contributed by atoms with van der Waals surface area (Å²) in [5, 5.41) is 15.6. The molecule has 3 heterocycles. The molecule has 1 unspecified atom stereocenters. The van der Waals surface area contributed by atoms with E-state index in [0.717, 1.165) is 39.3 Å². The first-order valence-corrected chi connectivity index (χ1v) is 11.3. The Hall–Kier alpha value is -2.18. The van der Waals surface area contributed by atoms with Crippen LogP contribution in [-0.4, -0.2) is 58.3 Å². The van der Waals surface area contributed by atoms with Gasteiger partial charge in [0.25, 0.3) is 0 Å². The summed E-state index contributed by atoms with van der Waals surface area (Å²) in [5.41, 5.74) is 2.40. The van der Waals surface area contributed by atoms with Crippen LogP contribution in [0.25, 0.3) is 21.8 Å². The average Bonchev–Trinajstić information content (AvgIpc) is 3.37. The Morgan fingerprint density at radius 1 is 0.759 bits per heavy atom. The van der Waals surface area contributed by atoms with E-state index < -0.39 is 0 Å². The molecule has 0 radical (unpaired) electrons. The summed E-state index contributed by atoms with van der Waals surface area (Å²) >= 11 is 1.83. The summed E-state index contributed by atoms with van der Waals surface area (Å²) < 4.78 is 2.28. The van der Waals surface area contributed by atoms with Crippen LogP contribution in [0.5, 0.6) is 0 Å². The summed E-state index contributed by atoms with van der Waals surface area (Å²) in [4.78, 5) is 6.36. The summed E-state index contributed by atoms with van der Waals surface area (Å²) in [6, 6.07) is 21.3. The molecule has 1 aliphatic heterocycles. The fraction of sp³-hybridized carbons (Fsp3) is 0.333. The number of thiophene rings is 1. The predicted molar refractivity (Wildman–Crippen MR) is 121 cm³/mol. The molecular formula is C24H27N3OS. The standard InChI is InChI=1S/C24H27N3OS/c28-19(16-25-11-13-26(14-12-25)18-20-6-5-15-29-20)17-27-23-9-3-1-7-21(23)22-8-2-4-10-24(22)27/h1-10,15,19,28H,11-14,16-18H2. The topological polar surface area (TPSA) is 31.6 Å². The minimum atomic E-state index is -0.377. The summed E-state index contributed by atoms with van der Waals surface area (Å²) in [7, 11) is 0. The highest BCUT2D eigenvalue weighted by molar-refractivity contribution is 7.09. The third kappa shape index (κ3) is 3.96. The van der Waals surface area contributed by atoms with E-state index >= 15 is 0 Å². The average molecular weight is 406 g/mol. The molecule has 1 saturated heterocycles. The van der Waals surface area contributed by atoms with Gasteiger partial charge in [-0.1, -0.05) is 42.5 Å². The minimum Gasteiger partial charge on any atom is -0.390 e. The Morgan fingerprint density at radius 2 is 1.38 bits per heavy atom. The molecule has 0 amide bonds. The third-order valence-electron chi connectivity index (χ3n) is 5.97. The number of hydrogen-bond donors (Lipinski definition) is 1. The van der Waals surface area contributed by atoms with Gasteiger partial charge in [0.1, 0.15) is 0 Å². The second kappa shape index (κ2) is 8.28. The van der Waals surface area contributed by atoms with Crippen molar-refractivity contribution in [2.75, 3.05) is 32.7 Å². The molecule has 0 aliphatic carbocycles. The van der Waals surface area contributed by atoms with Crippen molar-refractivity contribution in [1.82, 2.24) is 14.4 Å². The maximum absolute atomic E-state index is 10.9. The zero-order chi connectivity index (χ0) is 19.6. The summed E-state index contributed by atoms with van der Waals surface area (Å²) in [6.45, 7) is 6.59. The van der Waals surface area contributed by atoms with Crippen molar-refractivity contribution in [3.8, 4) is 0 Å². The first-order chi connectivity index (χ1) is 14.3. The summed E-state index contributed by atoms with van der Waals surface area (Å²) in [5.74, 6) is 0. The highest BCUT2D eigenvalue weighted by Crippen LogP contribution is 2.29. The molecule has 2 aromatic carbocycles. The number of nitrogens with zero attached hydrogens (tertiary/aromatic N) is 3. The molecule has 0 saturated carbocycles. The van der Waals surface area contributed by atoms with E-state index in [0.29, 0.717) is 6.54 Å². The second-order valence-corrected chi connectivity index (χ2v) is 8.99. The molecule has 1 fully saturated rings. The number of hydrogen-bond acceptors (Lipinski definition) is 4. The van der Waals surface area contributed by atoms with Gasteiger partial charge in [-0.3, -0.25) is 9.80 Å². The zero-order valence-corrected chi connectivity index (χ0v) is 17.4. The van der Waals surface area contributed by atoms with Gasteiger partial charge in [0, 0.05) is 66.0 Å². The van der Waals surface area contributed by atoms with Gasteiger partial charge in [0.15, 0.2) is 0 Å². The van der Waals surface area contributed by atoms with Gasteiger partial charge in [-0.2, -0.15) is 0 Å². The lowest BCUT2D eigenvalue weighted by Gasteiger charge is -2.35. The van der Waals surface area contributed by atoms with E-state index in [-0.39, 0.29) is 6.10 Å². The molecule has 1 aliphatic rings. The van der Waals surface area contributed by atoms with E-state index in [4.69, 9.17) is 0 Å². The molecule has 150 valence electrons. The Kier molecular flexibility index (Phi) is 5.38. The molecule has 5 rings (SSSR count). The van der Waals surface area contributed by atoms with Crippen LogP contribution in [0.15, 0.2) is 66.0 Å². The van der Waals surface area contributed by atoms with Crippen molar-refractivity contribution in [2.24, 2.45) is 0 Å². The van der Waals surface area contributed by atoms with Crippen molar-refractivity contribution >= 4 is 33.1 Å². The molecule has 5 heteroatoms. The third-order valence-corrected chi connectivity index (χ3v) is 6.83. The van der Waals surface area contributed by atoms with Crippen LogP contribution >= 0.6 is 11.3 Å². The lowest BCUT2D eigenvalue weighted by molar-refractivity contribution is 0.0637. The largest absolute Gasteiger partial charge is 0.390 e. The van der Waals surface area contributed by atoms with E-state index in [1.807, 2.05) is 11.3 Å². The molecular weight excluding hydrogens is 378 g/mol. The minimum absolute atomic E-state index is 0.377. The number of para-hydroxylation sites is 2. The maximum Gasteiger partial charge on any atom is 0.0845 e. The zero-order valence-electron chi connectivity index (χ0n) is 16.6. The molecule has 4 nitrogen and oxygen atoms in total. The van der Waals surface area contributed by atoms with Crippen molar-refractivity contribution in [2.45, 2.75) is 19.2 Å². The predicted octanol–water partition coefficient (Wildman–Crippen LogP) is 4.03. The van der Waals surface area contributed by atoms with E-state index in [1.54, 1.807) is 0 Å². The van der Waals surface area contributed by atoms with Crippen LogP contribution < -0.4 is 0 Å². The van der Waals surface area contributed by atoms with E-state index in [2.05, 4.69) is 80.4 Å². The second-order valence-electron chi connectivity index (χ2n) is 7.95. The van der Waals surface area contributed by atoms with Gasteiger partial charge in [0.05, 0.1) is 12.6 Å². The molecule has 2 aromatic heterocycles. The van der Waals surface area contributed by atoms with Crippen LogP contribution in [-0.2, 0) is 13.1 Å². The van der Waals surface area contributed by atoms with Crippen LogP contribution in [0.3, 0.4) is 0 Å². The number of benzene rings is 2. The lowest BCUT2D eigenvalue weighted by atomic mass is 10.2. The first-order valence-electron chi connectivity index (χ1n) is 10.4. The maximum atomic E-state index is 10.9. The number of aromatic nitrogens is 1. The van der Waals surface area contributed by atoms with Crippen LogP contribution in [0, 0.1) is 0 Å². The van der Waals surface area contributed by atoms with Crippen molar-refractivity contribution in [1.29, 1.82) is 0 Å². The number of fused-ring (bicyclic) bond motifs is 3. The Morgan fingerprint density at radius 3 is 2.00 bits per heavy atom. The van der Waals surface area contributed by atoms with E-state index in [1.165, 1.54) is 26.7 Å². The van der Waals surface area contributed by atoms with Gasteiger partial charge in [-0.25, -0.2) is 0 Å². The lowest BCUT2D eigenvalue weighted by Crippen LogP contribution is -2.48. The Labute approximate surface area is 175 Å². The fourth-order valence-corrected chi connectivity index (χ4v) is 5.27. The van der Waals surface area contributed by atoms with E-state index in [9.17, 15) is 5.11 Å². The Balaban J connectivity index is 1.24. The summed E-state index contributed by atoms with van der Waals surface area (Å²) in [6.07, 6.45) is -0.377. The molecule has 29 heavy (non-hydrogen) atoms. The van der Waals surface area contributed by atoms with Crippen LogP contribution in [0.4, 0.5) is 0 Å². The van der Waals surface area contributed by atoms with Crippen LogP contribution in [0.2, 0.25) is 0 Å². The highest BCUT2D eigenvalue weighted by atomic mass is 32.1. The number of β-amino-alcohol motifs (C(OH)–C–C–N with tert-alkyl or cyclic N) is 1. The molecule has 0 spiro atoms.